The van der Waals surface area contributed by atoms with Crippen LogP contribution in [-0.4, -0.2) is 18.4 Å². The summed E-state index contributed by atoms with van der Waals surface area (Å²) in [5, 5.41) is 0.231. The van der Waals surface area contributed by atoms with Gasteiger partial charge in [-0.3, -0.25) is 9.52 Å². The molecule has 0 radical (unpaired) electrons. The molecule has 6 nitrogen and oxygen atoms in total. The van der Waals surface area contributed by atoms with Gasteiger partial charge in [-0.15, -0.1) is 0 Å². The maximum atomic E-state index is 12.1. The van der Waals surface area contributed by atoms with Crippen LogP contribution in [0, 0.1) is 0 Å². The number of hydrogen-bond donors (Lipinski definition) is 2. The van der Waals surface area contributed by atoms with Crippen LogP contribution < -0.4 is 10.2 Å². The molecule has 0 saturated carbocycles. The minimum atomic E-state index is -3.94. The topological polar surface area (TPSA) is 91.9 Å². The summed E-state index contributed by atoms with van der Waals surface area (Å²) in [6, 6.07) is 8.47. The van der Waals surface area contributed by atoms with Gasteiger partial charge in [-0.1, -0.05) is 23.5 Å². The highest BCUT2D eigenvalue weighted by Gasteiger charge is 2.19. The summed E-state index contributed by atoms with van der Waals surface area (Å²) in [6.07, 6.45) is 2.52. The predicted molar refractivity (Wildman–Crippen MR) is 77.5 cm³/mol. The van der Waals surface area contributed by atoms with Crippen molar-refractivity contribution in [3.63, 3.8) is 0 Å². The van der Waals surface area contributed by atoms with E-state index in [2.05, 4.69) is 14.7 Å². The van der Waals surface area contributed by atoms with Crippen LogP contribution >= 0.6 is 11.3 Å². The first-order chi connectivity index (χ1) is 9.56. The molecule has 0 atom stereocenters. The highest BCUT2D eigenvalue weighted by molar-refractivity contribution is 7.93. The van der Waals surface area contributed by atoms with Crippen LogP contribution in [0.4, 0.5) is 5.13 Å². The van der Waals surface area contributed by atoms with Crippen molar-refractivity contribution in [2.24, 2.45) is 0 Å². The summed E-state index contributed by atoms with van der Waals surface area (Å²) < 4.78 is 27.5. The third kappa shape index (κ3) is 2.30. The molecule has 102 valence electrons. The van der Waals surface area contributed by atoms with E-state index in [-0.39, 0.29) is 10.0 Å². The minimum Gasteiger partial charge on any atom is -0.366 e. The quantitative estimate of drug-likeness (QED) is 0.771. The molecule has 3 rings (SSSR count). The zero-order chi connectivity index (χ0) is 14.2. The number of pyridine rings is 1. The molecule has 0 spiro atoms. The number of sulfonamides is 1. The molecule has 0 amide bonds. The Morgan fingerprint density at radius 1 is 1.20 bits per heavy atom. The first-order valence-corrected chi connectivity index (χ1v) is 7.92. The molecule has 2 aromatic heterocycles. The third-order valence-electron chi connectivity index (χ3n) is 2.59. The molecule has 0 aliphatic heterocycles. The average Bonchev–Trinajstić information content (AvgIpc) is 2.80. The molecule has 2 N–H and O–H groups in total. The van der Waals surface area contributed by atoms with Crippen LogP contribution in [0.5, 0.6) is 0 Å². The second-order valence-electron chi connectivity index (χ2n) is 3.97. The molecule has 0 fully saturated rings. The van der Waals surface area contributed by atoms with Crippen molar-refractivity contribution in [1.29, 1.82) is 0 Å². The van der Waals surface area contributed by atoms with Crippen molar-refractivity contribution in [3.05, 3.63) is 52.9 Å². The summed E-state index contributed by atoms with van der Waals surface area (Å²) in [6.45, 7) is 0. The number of aromatic amines is 1. The van der Waals surface area contributed by atoms with Crippen LogP contribution in [0.2, 0.25) is 0 Å². The number of hydrogen-bond acceptors (Lipinski definition) is 5. The van der Waals surface area contributed by atoms with Gasteiger partial charge in [0.2, 0.25) is 5.43 Å². The second-order valence-corrected chi connectivity index (χ2v) is 6.65. The molecule has 0 bridgehead atoms. The van der Waals surface area contributed by atoms with Gasteiger partial charge >= 0.3 is 0 Å². The van der Waals surface area contributed by atoms with Crippen LogP contribution in [0.15, 0.2) is 52.4 Å². The average molecular weight is 307 g/mol. The van der Waals surface area contributed by atoms with Gasteiger partial charge in [0.25, 0.3) is 10.0 Å². The Balaban J connectivity index is 2.02. The Labute approximate surface area is 118 Å². The van der Waals surface area contributed by atoms with Gasteiger partial charge in [-0.25, -0.2) is 13.4 Å². The van der Waals surface area contributed by atoms with Gasteiger partial charge in [0, 0.05) is 18.5 Å². The summed E-state index contributed by atoms with van der Waals surface area (Å²) in [5.74, 6) is 0. The maximum Gasteiger partial charge on any atom is 0.269 e. The normalized spacial score (nSPS) is 11.6. The molecule has 3 aromatic rings. The van der Waals surface area contributed by atoms with E-state index in [9.17, 15) is 13.2 Å². The lowest BCUT2D eigenvalue weighted by Gasteiger charge is -2.03. The molecule has 1 aromatic carbocycles. The number of H-pyrrole nitrogens is 1. The molecule has 2 heterocycles. The number of para-hydroxylation sites is 1. The SMILES string of the molecule is O=c1cc[nH]cc1S(=O)(=O)Nc1nc2ccccc2s1. The van der Waals surface area contributed by atoms with E-state index < -0.39 is 15.5 Å². The monoisotopic (exact) mass is 307 g/mol. The third-order valence-corrected chi connectivity index (χ3v) is 5.03. The Kier molecular flexibility index (Phi) is 3.03. The van der Waals surface area contributed by atoms with Gasteiger partial charge in [0.15, 0.2) is 10.0 Å². The first-order valence-electron chi connectivity index (χ1n) is 5.62. The minimum absolute atomic E-state index is 0.231. The van der Waals surface area contributed by atoms with Crippen LogP contribution in [-0.2, 0) is 10.0 Å². The number of nitrogens with zero attached hydrogens (tertiary/aromatic N) is 1. The molecule has 0 aliphatic carbocycles. The van der Waals surface area contributed by atoms with Crippen molar-refractivity contribution in [3.8, 4) is 0 Å². The zero-order valence-electron chi connectivity index (χ0n) is 10.0. The Morgan fingerprint density at radius 2 is 2.00 bits per heavy atom. The first kappa shape index (κ1) is 12.8. The van der Waals surface area contributed by atoms with E-state index in [1.54, 1.807) is 6.07 Å². The molecule has 0 unspecified atom stereocenters. The van der Waals surface area contributed by atoms with Crippen LogP contribution in [0.25, 0.3) is 10.2 Å². The van der Waals surface area contributed by atoms with Gasteiger partial charge < -0.3 is 4.98 Å². The smallest absolute Gasteiger partial charge is 0.269 e. The molecular formula is C12H9N3O3S2. The maximum absolute atomic E-state index is 12.1. The highest BCUT2D eigenvalue weighted by atomic mass is 32.2. The van der Waals surface area contributed by atoms with E-state index in [0.29, 0.717) is 5.52 Å². The Morgan fingerprint density at radius 3 is 2.75 bits per heavy atom. The molecule has 0 saturated heterocycles. The fraction of sp³-hybridized carbons (Fsp3) is 0. The Bertz CT molecular complexity index is 895. The van der Waals surface area contributed by atoms with Gasteiger partial charge in [-0.05, 0) is 12.1 Å². The van der Waals surface area contributed by atoms with Gasteiger partial charge in [-0.2, -0.15) is 0 Å². The fourth-order valence-corrected chi connectivity index (χ4v) is 3.85. The summed E-state index contributed by atoms with van der Waals surface area (Å²) >= 11 is 1.21. The standard InChI is InChI=1S/C12H9N3O3S2/c16-9-5-6-13-7-11(9)20(17,18)15-12-14-8-3-1-2-4-10(8)19-12/h1-7H,(H,13,16)(H,14,15). The summed E-state index contributed by atoms with van der Waals surface area (Å²) in [5.41, 5.74) is 0.134. The number of aromatic nitrogens is 2. The van der Waals surface area contributed by atoms with E-state index >= 15 is 0 Å². The van der Waals surface area contributed by atoms with Crippen molar-refractivity contribution in [1.82, 2.24) is 9.97 Å². The number of nitrogens with one attached hydrogen (secondary N) is 2. The lowest BCUT2D eigenvalue weighted by Crippen LogP contribution is -2.20. The van der Waals surface area contributed by atoms with E-state index in [1.165, 1.54) is 17.5 Å². The number of fused-ring (bicyclic) bond motifs is 1. The van der Waals surface area contributed by atoms with Crippen LogP contribution in [0.3, 0.4) is 0 Å². The number of thiazole rings is 1. The second kappa shape index (κ2) is 4.73. The van der Waals surface area contributed by atoms with Gasteiger partial charge in [0.05, 0.1) is 10.2 Å². The molecular weight excluding hydrogens is 298 g/mol. The predicted octanol–water partition coefficient (Wildman–Crippen LogP) is 1.79. The number of rotatable bonds is 3. The summed E-state index contributed by atoms with van der Waals surface area (Å²) in [4.78, 5) is 18.0. The van der Waals surface area contributed by atoms with Crippen molar-refractivity contribution in [2.75, 3.05) is 4.72 Å². The van der Waals surface area contributed by atoms with E-state index in [1.807, 2.05) is 18.2 Å². The van der Waals surface area contributed by atoms with Crippen molar-refractivity contribution >= 4 is 36.7 Å². The van der Waals surface area contributed by atoms with E-state index in [4.69, 9.17) is 0 Å². The number of benzene rings is 1. The van der Waals surface area contributed by atoms with Crippen molar-refractivity contribution < 1.29 is 8.42 Å². The number of anilines is 1. The summed E-state index contributed by atoms with van der Waals surface area (Å²) in [7, 11) is -3.94. The molecule has 8 heteroatoms. The van der Waals surface area contributed by atoms with Gasteiger partial charge in [0.1, 0.15) is 0 Å². The lowest BCUT2D eigenvalue weighted by atomic mass is 10.3. The largest absolute Gasteiger partial charge is 0.366 e. The fourth-order valence-electron chi connectivity index (χ4n) is 1.70. The Hall–Kier alpha value is -2.19. The highest BCUT2D eigenvalue weighted by Crippen LogP contribution is 2.26. The zero-order valence-corrected chi connectivity index (χ0v) is 11.7. The van der Waals surface area contributed by atoms with Crippen LogP contribution in [0.1, 0.15) is 0 Å². The molecule has 0 aliphatic rings. The lowest BCUT2D eigenvalue weighted by molar-refractivity contribution is 0.600. The van der Waals surface area contributed by atoms with E-state index in [0.717, 1.165) is 17.0 Å². The van der Waals surface area contributed by atoms with Crippen molar-refractivity contribution in [2.45, 2.75) is 4.90 Å². The molecule has 20 heavy (non-hydrogen) atoms.